The fraction of sp³-hybridized carbons (Fsp3) is 0.364. The lowest BCUT2D eigenvalue weighted by Gasteiger charge is -2.16. The molecule has 0 aliphatic carbocycles. The Morgan fingerprint density at radius 1 is 1.53 bits per heavy atom. The van der Waals surface area contributed by atoms with Gasteiger partial charge in [-0.25, -0.2) is 4.39 Å². The van der Waals surface area contributed by atoms with Crippen molar-refractivity contribution >= 4 is 11.6 Å². The number of carbonyl (C=O) groups excluding carboxylic acids is 1. The first-order valence-electron chi connectivity index (χ1n) is 4.85. The van der Waals surface area contributed by atoms with E-state index in [4.69, 9.17) is 0 Å². The SMILES string of the molecule is Cc1ccc(N2CCC(O)C2=O)cc1F. The summed E-state index contributed by atoms with van der Waals surface area (Å²) in [6.45, 7) is 2.11. The minimum absolute atomic E-state index is 0.332. The van der Waals surface area contributed by atoms with Crippen LogP contribution < -0.4 is 4.90 Å². The number of halogens is 1. The molecule has 1 amide bonds. The number of hydrogen-bond donors (Lipinski definition) is 1. The lowest BCUT2D eigenvalue weighted by molar-refractivity contribution is -0.123. The Bertz CT molecular complexity index is 406. The molecule has 1 aromatic carbocycles. The average Bonchev–Trinajstić information content (AvgIpc) is 2.53. The number of aryl methyl sites for hydroxylation is 1. The van der Waals surface area contributed by atoms with Gasteiger partial charge in [-0.3, -0.25) is 4.79 Å². The molecule has 15 heavy (non-hydrogen) atoms. The summed E-state index contributed by atoms with van der Waals surface area (Å²) >= 11 is 0. The van der Waals surface area contributed by atoms with E-state index in [9.17, 15) is 14.3 Å². The van der Waals surface area contributed by atoms with Gasteiger partial charge in [0.25, 0.3) is 5.91 Å². The zero-order valence-corrected chi connectivity index (χ0v) is 8.40. The molecule has 1 N–H and O–H groups in total. The Labute approximate surface area is 87.1 Å². The lowest BCUT2D eigenvalue weighted by atomic mass is 10.2. The van der Waals surface area contributed by atoms with Crippen LogP contribution in [0.5, 0.6) is 0 Å². The third-order valence-corrected chi connectivity index (χ3v) is 2.64. The molecule has 0 spiro atoms. The summed E-state index contributed by atoms with van der Waals surface area (Å²) in [4.78, 5) is 12.9. The maximum Gasteiger partial charge on any atom is 0.255 e. The Hall–Kier alpha value is -1.42. The predicted octanol–water partition coefficient (Wildman–Crippen LogP) is 1.23. The molecule has 2 rings (SSSR count). The van der Waals surface area contributed by atoms with Gasteiger partial charge in [0.15, 0.2) is 0 Å². The Morgan fingerprint density at radius 2 is 2.27 bits per heavy atom. The summed E-state index contributed by atoms with van der Waals surface area (Å²) < 4.78 is 13.3. The molecular formula is C11H12FNO2. The van der Waals surface area contributed by atoms with Gasteiger partial charge in [-0.2, -0.15) is 0 Å². The molecule has 0 bridgehead atoms. The Balaban J connectivity index is 2.31. The van der Waals surface area contributed by atoms with E-state index in [0.29, 0.717) is 24.2 Å². The van der Waals surface area contributed by atoms with Gasteiger partial charge in [0.1, 0.15) is 11.9 Å². The van der Waals surface area contributed by atoms with Crippen molar-refractivity contribution in [2.24, 2.45) is 0 Å². The molecule has 80 valence electrons. The van der Waals surface area contributed by atoms with Crippen LogP contribution in [0.25, 0.3) is 0 Å². The van der Waals surface area contributed by atoms with Crippen LogP contribution in [0.4, 0.5) is 10.1 Å². The van der Waals surface area contributed by atoms with Crippen LogP contribution in [-0.4, -0.2) is 23.7 Å². The summed E-state index contributed by atoms with van der Waals surface area (Å²) in [5.41, 5.74) is 1.06. The second-order valence-corrected chi connectivity index (χ2v) is 3.73. The minimum Gasteiger partial charge on any atom is -0.383 e. The highest BCUT2D eigenvalue weighted by Crippen LogP contribution is 2.23. The van der Waals surface area contributed by atoms with Gasteiger partial charge in [-0.1, -0.05) is 6.07 Å². The van der Waals surface area contributed by atoms with Crippen LogP contribution in [0.3, 0.4) is 0 Å². The number of hydrogen-bond acceptors (Lipinski definition) is 2. The quantitative estimate of drug-likeness (QED) is 0.755. The van der Waals surface area contributed by atoms with Crippen molar-refractivity contribution in [3.05, 3.63) is 29.6 Å². The van der Waals surface area contributed by atoms with Crippen LogP contribution in [-0.2, 0) is 4.79 Å². The molecule has 1 aliphatic rings. The molecule has 1 aromatic rings. The summed E-state index contributed by atoms with van der Waals surface area (Å²) in [5.74, 6) is -0.681. The highest BCUT2D eigenvalue weighted by molar-refractivity contribution is 5.98. The fourth-order valence-corrected chi connectivity index (χ4v) is 1.67. The van der Waals surface area contributed by atoms with Crippen LogP contribution in [0.2, 0.25) is 0 Å². The molecule has 3 nitrogen and oxygen atoms in total. The van der Waals surface area contributed by atoms with Crippen LogP contribution >= 0.6 is 0 Å². The van der Waals surface area contributed by atoms with Gasteiger partial charge in [0.2, 0.25) is 0 Å². The number of aliphatic hydroxyl groups is 1. The molecule has 4 heteroatoms. The van der Waals surface area contributed by atoms with Gasteiger partial charge in [0.05, 0.1) is 0 Å². The number of benzene rings is 1. The largest absolute Gasteiger partial charge is 0.383 e. The van der Waals surface area contributed by atoms with Gasteiger partial charge in [-0.15, -0.1) is 0 Å². The van der Waals surface area contributed by atoms with E-state index in [1.54, 1.807) is 19.1 Å². The number of nitrogens with zero attached hydrogens (tertiary/aromatic N) is 1. The van der Waals surface area contributed by atoms with Crippen molar-refractivity contribution in [2.45, 2.75) is 19.4 Å². The predicted molar refractivity (Wildman–Crippen MR) is 54.1 cm³/mol. The monoisotopic (exact) mass is 209 g/mol. The van der Waals surface area contributed by atoms with Gasteiger partial charge in [0, 0.05) is 18.7 Å². The molecule has 0 aromatic heterocycles. The van der Waals surface area contributed by atoms with Gasteiger partial charge < -0.3 is 10.0 Å². The van der Waals surface area contributed by atoms with E-state index in [1.165, 1.54) is 11.0 Å². The third kappa shape index (κ3) is 1.72. The maximum atomic E-state index is 13.3. The molecule has 1 fully saturated rings. The van der Waals surface area contributed by atoms with Crippen molar-refractivity contribution in [2.75, 3.05) is 11.4 Å². The first kappa shape index (κ1) is 10.1. The molecule has 0 radical (unpaired) electrons. The van der Waals surface area contributed by atoms with Crippen molar-refractivity contribution in [1.29, 1.82) is 0 Å². The second-order valence-electron chi connectivity index (χ2n) is 3.73. The number of rotatable bonds is 1. The second kappa shape index (κ2) is 3.62. The molecular weight excluding hydrogens is 197 g/mol. The zero-order chi connectivity index (χ0) is 11.0. The summed E-state index contributed by atoms with van der Waals surface area (Å²) in [7, 11) is 0. The van der Waals surface area contributed by atoms with E-state index in [-0.39, 0.29) is 11.7 Å². The average molecular weight is 209 g/mol. The first-order chi connectivity index (χ1) is 7.09. The standard InChI is InChI=1S/C11H12FNO2/c1-7-2-3-8(6-9(7)12)13-5-4-10(14)11(13)15/h2-3,6,10,14H,4-5H2,1H3. The molecule has 1 heterocycles. The van der Waals surface area contributed by atoms with E-state index in [0.717, 1.165) is 0 Å². The van der Waals surface area contributed by atoms with Crippen LogP contribution in [0.15, 0.2) is 18.2 Å². The maximum absolute atomic E-state index is 13.3. The smallest absolute Gasteiger partial charge is 0.255 e. The Morgan fingerprint density at radius 3 is 2.80 bits per heavy atom. The molecule has 1 unspecified atom stereocenters. The highest BCUT2D eigenvalue weighted by Gasteiger charge is 2.30. The zero-order valence-electron chi connectivity index (χ0n) is 8.40. The topological polar surface area (TPSA) is 40.5 Å². The first-order valence-corrected chi connectivity index (χ1v) is 4.85. The van der Waals surface area contributed by atoms with Gasteiger partial charge in [-0.05, 0) is 24.6 Å². The summed E-state index contributed by atoms with van der Waals surface area (Å²) in [6.07, 6.45) is -0.525. The highest BCUT2D eigenvalue weighted by atomic mass is 19.1. The molecule has 1 atom stereocenters. The van der Waals surface area contributed by atoms with E-state index in [1.807, 2.05) is 0 Å². The number of carbonyl (C=O) groups is 1. The molecule has 1 saturated heterocycles. The third-order valence-electron chi connectivity index (χ3n) is 2.64. The van der Waals surface area contributed by atoms with Crippen LogP contribution in [0, 0.1) is 12.7 Å². The minimum atomic E-state index is -0.936. The van der Waals surface area contributed by atoms with E-state index in [2.05, 4.69) is 0 Å². The lowest BCUT2D eigenvalue weighted by Crippen LogP contribution is -2.29. The number of aliphatic hydroxyl groups excluding tert-OH is 1. The van der Waals surface area contributed by atoms with Crippen LogP contribution in [0.1, 0.15) is 12.0 Å². The normalized spacial score (nSPS) is 21.1. The summed E-state index contributed by atoms with van der Waals surface area (Å²) in [6, 6.07) is 4.64. The molecule has 0 saturated carbocycles. The van der Waals surface area contributed by atoms with Crippen molar-refractivity contribution in [1.82, 2.24) is 0 Å². The summed E-state index contributed by atoms with van der Waals surface area (Å²) in [5, 5.41) is 9.27. The fourth-order valence-electron chi connectivity index (χ4n) is 1.67. The number of anilines is 1. The molecule has 1 aliphatic heterocycles. The van der Waals surface area contributed by atoms with Crippen molar-refractivity contribution in [3.63, 3.8) is 0 Å². The van der Waals surface area contributed by atoms with E-state index < -0.39 is 6.10 Å². The van der Waals surface area contributed by atoms with Gasteiger partial charge >= 0.3 is 0 Å². The van der Waals surface area contributed by atoms with Crippen molar-refractivity contribution in [3.8, 4) is 0 Å². The van der Waals surface area contributed by atoms with E-state index >= 15 is 0 Å². The Kier molecular flexibility index (Phi) is 2.44. The number of amides is 1. The van der Waals surface area contributed by atoms with Crippen molar-refractivity contribution < 1.29 is 14.3 Å².